The van der Waals surface area contributed by atoms with E-state index in [9.17, 15) is 4.79 Å². The van der Waals surface area contributed by atoms with Gasteiger partial charge in [-0.25, -0.2) is 0 Å². The van der Waals surface area contributed by atoms with Crippen molar-refractivity contribution >= 4 is 5.91 Å². The topological polar surface area (TPSA) is 32.3 Å². The molecule has 3 atom stereocenters. The van der Waals surface area contributed by atoms with Gasteiger partial charge in [0.05, 0.1) is 6.04 Å². The van der Waals surface area contributed by atoms with Gasteiger partial charge in [-0.3, -0.25) is 10.1 Å². The van der Waals surface area contributed by atoms with Gasteiger partial charge in [0.2, 0.25) is 5.91 Å². The van der Waals surface area contributed by atoms with Crippen LogP contribution in [-0.2, 0) is 4.79 Å². The van der Waals surface area contributed by atoms with E-state index in [2.05, 4.69) is 50.4 Å². The first-order valence-electron chi connectivity index (χ1n) is 7.19. The Balaban J connectivity index is 2.26. The number of aryl methyl sites for hydroxylation is 1. The third-order valence-corrected chi connectivity index (χ3v) is 3.89. The molecular weight excluding hydrogens is 236 g/mol. The summed E-state index contributed by atoms with van der Waals surface area (Å²) in [5, 5.41) is 3.41. The molecule has 0 aromatic heterocycles. The lowest BCUT2D eigenvalue weighted by Gasteiger charge is -2.30. The van der Waals surface area contributed by atoms with Crippen molar-refractivity contribution in [3.8, 4) is 0 Å². The smallest absolute Gasteiger partial charge is 0.241 e. The molecule has 1 aromatic carbocycles. The third kappa shape index (κ3) is 2.81. The molecule has 1 aliphatic rings. The van der Waals surface area contributed by atoms with E-state index in [4.69, 9.17) is 0 Å². The van der Waals surface area contributed by atoms with Crippen molar-refractivity contribution in [2.24, 2.45) is 0 Å². The minimum atomic E-state index is -0.0920. The SMILES string of the molecule is CCCC(C)N1C(=O)C(C)NC1c1ccc(C)cc1. The normalized spacial score (nSPS) is 24.8. The van der Waals surface area contributed by atoms with Gasteiger partial charge < -0.3 is 4.90 Å². The van der Waals surface area contributed by atoms with E-state index in [1.165, 1.54) is 11.1 Å². The van der Waals surface area contributed by atoms with E-state index < -0.39 is 0 Å². The van der Waals surface area contributed by atoms with Gasteiger partial charge in [-0.15, -0.1) is 0 Å². The minimum Gasteiger partial charge on any atom is -0.319 e. The summed E-state index contributed by atoms with van der Waals surface area (Å²) in [5.41, 5.74) is 2.42. The first-order valence-corrected chi connectivity index (χ1v) is 7.19. The number of nitrogens with zero attached hydrogens (tertiary/aromatic N) is 1. The van der Waals surface area contributed by atoms with Crippen molar-refractivity contribution in [3.05, 3.63) is 35.4 Å². The van der Waals surface area contributed by atoms with Crippen molar-refractivity contribution < 1.29 is 4.79 Å². The zero-order valence-electron chi connectivity index (χ0n) is 12.3. The third-order valence-electron chi connectivity index (χ3n) is 3.89. The molecule has 3 unspecified atom stereocenters. The summed E-state index contributed by atoms with van der Waals surface area (Å²) in [7, 11) is 0. The number of rotatable bonds is 4. The lowest BCUT2D eigenvalue weighted by atomic mass is 10.1. The van der Waals surface area contributed by atoms with Crippen LogP contribution in [0.15, 0.2) is 24.3 Å². The molecule has 3 heteroatoms. The van der Waals surface area contributed by atoms with Gasteiger partial charge in [-0.05, 0) is 32.8 Å². The fraction of sp³-hybridized carbons (Fsp3) is 0.562. The molecule has 3 nitrogen and oxygen atoms in total. The highest BCUT2D eigenvalue weighted by Gasteiger charge is 2.39. The second kappa shape index (κ2) is 5.74. The second-order valence-corrected chi connectivity index (χ2v) is 5.58. The fourth-order valence-corrected chi connectivity index (χ4v) is 2.77. The van der Waals surface area contributed by atoms with Crippen LogP contribution in [-0.4, -0.2) is 22.9 Å². The van der Waals surface area contributed by atoms with Crippen molar-refractivity contribution in [2.75, 3.05) is 0 Å². The Labute approximate surface area is 116 Å². The Morgan fingerprint density at radius 1 is 1.32 bits per heavy atom. The van der Waals surface area contributed by atoms with E-state index in [0.717, 1.165) is 12.8 Å². The molecule has 1 saturated heterocycles. The van der Waals surface area contributed by atoms with Gasteiger partial charge >= 0.3 is 0 Å². The molecule has 0 saturated carbocycles. The molecule has 1 aromatic rings. The Kier molecular flexibility index (Phi) is 4.25. The predicted octanol–water partition coefficient (Wildman–Crippen LogP) is 3.00. The number of hydrogen-bond donors (Lipinski definition) is 1. The molecule has 1 fully saturated rings. The summed E-state index contributed by atoms with van der Waals surface area (Å²) in [4.78, 5) is 14.3. The quantitative estimate of drug-likeness (QED) is 0.902. The molecule has 0 bridgehead atoms. The van der Waals surface area contributed by atoms with Crippen LogP contribution in [0.4, 0.5) is 0 Å². The van der Waals surface area contributed by atoms with Crippen LogP contribution in [0.2, 0.25) is 0 Å². The number of amides is 1. The highest BCUT2D eigenvalue weighted by molar-refractivity contribution is 5.84. The fourth-order valence-electron chi connectivity index (χ4n) is 2.77. The van der Waals surface area contributed by atoms with Crippen LogP contribution < -0.4 is 5.32 Å². The second-order valence-electron chi connectivity index (χ2n) is 5.58. The van der Waals surface area contributed by atoms with Gasteiger partial charge in [0.1, 0.15) is 6.17 Å². The molecule has 1 N–H and O–H groups in total. The molecule has 2 rings (SSSR count). The highest BCUT2D eigenvalue weighted by atomic mass is 16.2. The standard InChI is InChI=1S/C16H24N2O/c1-5-6-12(3)18-15(17-13(4)16(18)19)14-9-7-11(2)8-10-14/h7-10,12-13,15,17H,5-6H2,1-4H3. The van der Waals surface area contributed by atoms with Crippen LogP contribution >= 0.6 is 0 Å². The average Bonchev–Trinajstić information content (AvgIpc) is 2.67. The molecule has 0 aliphatic carbocycles. The summed E-state index contributed by atoms with van der Waals surface area (Å²) in [6, 6.07) is 8.63. The largest absolute Gasteiger partial charge is 0.319 e. The minimum absolute atomic E-state index is 0.0182. The van der Waals surface area contributed by atoms with E-state index in [0.29, 0.717) is 0 Å². The first-order chi connectivity index (χ1) is 9.04. The Bertz CT molecular complexity index is 441. The zero-order valence-corrected chi connectivity index (χ0v) is 12.3. The van der Waals surface area contributed by atoms with Crippen LogP contribution in [0.25, 0.3) is 0 Å². The monoisotopic (exact) mass is 260 g/mol. The number of hydrogen-bond acceptors (Lipinski definition) is 2. The van der Waals surface area contributed by atoms with Gasteiger partial charge in [-0.2, -0.15) is 0 Å². The Hall–Kier alpha value is -1.35. The molecule has 0 radical (unpaired) electrons. The summed E-state index contributed by atoms with van der Waals surface area (Å²) in [5.74, 6) is 0.214. The summed E-state index contributed by atoms with van der Waals surface area (Å²) >= 11 is 0. The molecule has 1 aliphatic heterocycles. The number of carbonyl (C=O) groups is 1. The zero-order chi connectivity index (χ0) is 14.0. The summed E-state index contributed by atoms with van der Waals surface area (Å²) in [6.45, 7) is 8.33. The summed E-state index contributed by atoms with van der Waals surface area (Å²) < 4.78 is 0. The van der Waals surface area contributed by atoms with Crippen LogP contribution in [0.5, 0.6) is 0 Å². The number of carbonyl (C=O) groups excluding carboxylic acids is 1. The van der Waals surface area contributed by atoms with Gasteiger partial charge in [0.25, 0.3) is 0 Å². The van der Waals surface area contributed by atoms with Crippen molar-refractivity contribution in [1.82, 2.24) is 10.2 Å². The molecule has 1 amide bonds. The maximum atomic E-state index is 12.3. The van der Waals surface area contributed by atoms with Crippen LogP contribution in [0.3, 0.4) is 0 Å². The van der Waals surface area contributed by atoms with Gasteiger partial charge in [-0.1, -0.05) is 43.2 Å². The summed E-state index contributed by atoms with van der Waals surface area (Å²) in [6.07, 6.45) is 2.16. The van der Waals surface area contributed by atoms with E-state index >= 15 is 0 Å². The Morgan fingerprint density at radius 2 is 1.95 bits per heavy atom. The molecular formula is C16H24N2O. The lowest BCUT2D eigenvalue weighted by Crippen LogP contribution is -2.38. The molecule has 19 heavy (non-hydrogen) atoms. The van der Waals surface area contributed by atoms with E-state index in [1.54, 1.807) is 0 Å². The van der Waals surface area contributed by atoms with Crippen LogP contribution in [0, 0.1) is 6.92 Å². The van der Waals surface area contributed by atoms with Crippen molar-refractivity contribution in [3.63, 3.8) is 0 Å². The molecule has 1 heterocycles. The highest BCUT2D eigenvalue weighted by Crippen LogP contribution is 2.29. The number of nitrogens with one attached hydrogen (secondary N) is 1. The number of benzene rings is 1. The van der Waals surface area contributed by atoms with Gasteiger partial charge in [0.15, 0.2) is 0 Å². The van der Waals surface area contributed by atoms with Crippen LogP contribution in [0.1, 0.15) is 50.9 Å². The van der Waals surface area contributed by atoms with Gasteiger partial charge in [0, 0.05) is 6.04 Å². The first kappa shape index (κ1) is 14.1. The Morgan fingerprint density at radius 3 is 2.53 bits per heavy atom. The maximum absolute atomic E-state index is 12.3. The predicted molar refractivity (Wildman–Crippen MR) is 77.7 cm³/mol. The lowest BCUT2D eigenvalue weighted by molar-refractivity contribution is -0.131. The van der Waals surface area contributed by atoms with Crippen molar-refractivity contribution in [1.29, 1.82) is 0 Å². The van der Waals surface area contributed by atoms with Crippen molar-refractivity contribution in [2.45, 2.75) is 58.8 Å². The van der Waals surface area contributed by atoms with E-state index in [-0.39, 0.29) is 24.2 Å². The average molecular weight is 260 g/mol. The molecule has 0 spiro atoms. The maximum Gasteiger partial charge on any atom is 0.241 e. The van der Waals surface area contributed by atoms with E-state index in [1.807, 2.05) is 11.8 Å². The molecule has 104 valence electrons.